The summed E-state index contributed by atoms with van der Waals surface area (Å²) < 4.78 is 18.2. The first-order valence-corrected chi connectivity index (χ1v) is 10.2. The summed E-state index contributed by atoms with van der Waals surface area (Å²) in [5.41, 5.74) is 1.96. The fraction of sp³-hybridized carbons (Fsp3) is 0.429. The summed E-state index contributed by atoms with van der Waals surface area (Å²) in [4.78, 5) is 0. The Morgan fingerprint density at radius 3 is 2.63 bits per heavy atom. The highest BCUT2D eigenvalue weighted by Crippen LogP contribution is 2.37. The molecule has 0 unspecified atom stereocenters. The molecule has 0 spiro atoms. The summed E-state index contributed by atoms with van der Waals surface area (Å²) in [6, 6.07) is 11.5. The first kappa shape index (κ1) is 22.0. The van der Waals surface area contributed by atoms with Gasteiger partial charge in [0.05, 0.1) is 13.2 Å². The Morgan fingerprint density at radius 1 is 1.15 bits per heavy atom. The lowest BCUT2D eigenvalue weighted by Gasteiger charge is -2.17. The van der Waals surface area contributed by atoms with Crippen molar-refractivity contribution in [1.29, 1.82) is 0 Å². The molecule has 0 amide bonds. The van der Waals surface area contributed by atoms with E-state index in [0.29, 0.717) is 23.9 Å². The van der Waals surface area contributed by atoms with Gasteiger partial charge in [0.1, 0.15) is 6.61 Å². The lowest BCUT2D eigenvalue weighted by atomic mass is 10.1. The van der Waals surface area contributed by atoms with Gasteiger partial charge in [-0.1, -0.05) is 45.7 Å². The van der Waals surface area contributed by atoms with Crippen molar-refractivity contribution in [2.75, 3.05) is 20.3 Å². The van der Waals surface area contributed by atoms with Crippen LogP contribution >= 0.6 is 27.5 Å². The van der Waals surface area contributed by atoms with E-state index in [2.05, 4.69) is 21.2 Å². The van der Waals surface area contributed by atoms with E-state index in [9.17, 15) is 0 Å². The van der Waals surface area contributed by atoms with Crippen LogP contribution in [0.25, 0.3) is 0 Å². The molecule has 2 aromatic rings. The maximum absolute atomic E-state index is 6.24. The summed E-state index contributed by atoms with van der Waals surface area (Å²) in [5, 5.41) is 4.14. The molecule has 2 rings (SSSR count). The predicted molar refractivity (Wildman–Crippen MR) is 114 cm³/mol. The SMILES string of the molecule is COc1ccc(Br)c(CNCCCOC(C)C)c1OCc1ccccc1Cl. The van der Waals surface area contributed by atoms with E-state index in [4.69, 9.17) is 25.8 Å². The molecule has 0 radical (unpaired) electrons. The highest BCUT2D eigenvalue weighted by atomic mass is 79.9. The Hall–Kier alpha value is -1.27. The molecular formula is C21H27BrClNO3. The molecule has 0 heterocycles. The third kappa shape index (κ3) is 7.00. The summed E-state index contributed by atoms with van der Waals surface area (Å²) in [6.45, 7) is 6.74. The quantitative estimate of drug-likeness (QED) is 0.447. The second-order valence-corrected chi connectivity index (χ2v) is 7.65. The first-order valence-electron chi connectivity index (χ1n) is 9.06. The van der Waals surface area contributed by atoms with Crippen molar-refractivity contribution in [3.63, 3.8) is 0 Å². The second kappa shape index (κ2) is 11.5. The van der Waals surface area contributed by atoms with Gasteiger partial charge in [-0.2, -0.15) is 0 Å². The first-order chi connectivity index (χ1) is 13.0. The number of nitrogens with one attached hydrogen (secondary N) is 1. The van der Waals surface area contributed by atoms with Crippen molar-refractivity contribution < 1.29 is 14.2 Å². The van der Waals surface area contributed by atoms with Gasteiger partial charge in [0, 0.05) is 33.8 Å². The molecule has 0 saturated heterocycles. The van der Waals surface area contributed by atoms with Crippen LogP contribution in [0, 0.1) is 0 Å². The normalized spacial score (nSPS) is 11.0. The maximum atomic E-state index is 6.24. The summed E-state index contributed by atoms with van der Waals surface area (Å²) in [5.74, 6) is 1.42. The van der Waals surface area contributed by atoms with Crippen LogP contribution in [0.15, 0.2) is 40.9 Å². The topological polar surface area (TPSA) is 39.7 Å². The molecule has 148 valence electrons. The van der Waals surface area contributed by atoms with Crippen molar-refractivity contribution >= 4 is 27.5 Å². The molecule has 6 heteroatoms. The molecule has 0 aliphatic rings. The van der Waals surface area contributed by atoms with E-state index in [0.717, 1.165) is 40.9 Å². The second-order valence-electron chi connectivity index (χ2n) is 6.39. The van der Waals surface area contributed by atoms with Gasteiger partial charge in [0.15, 0.2) is 11.5 Å². The van der Waals surface area contributed by atoms with Crippen molar-refractivity contribution in [1.82, 2.24) is 5.32 Å². The zero-order valence-electron chi connectivity index (χ0n) is 16.1. The van der Waals surface area contributed by atoms with Crippen LogP contribution in [-0.4, -0.2) is 26.4 Å². The summed E-state index contributed by atoms with van der Waals surface area (Å²) >= 11 is 9.87. The van der Waals surface area contributed by atoms with Crippen LogP contribution < -0.4 is 14.8 Å². The molecule has 4 nitrogen and oxygen atoms in total. The predicted octanol–water partition coefficient (Wildman–Crippen LogP) is 5.59. The number of hydrogen-bond acceptors (Lipinski definition) is 4. The van der Waals surface area contributed by atoms with E-state index < -0.39 is 0 Å². The maximum Gasteiger partial charge on any atom is 0.167 e. The average Bonchev–Trinajstić information content (AvgIpc) is 2.65. The van der Waals surface area contributed by atoms with Crippen LogP contribution in [0.4, 0.5) is 0 Å². The van der Waals surface area contributed by atoms with Crippen molar-refractivity contribution in [2.24, 2.45) is 0 Å². The lowest BCUT2D eigenvalue weighted by molar-refractivity contribution is 0.0770. The smallest absolute Gasteiger partial charge is 0.167 e. The Labute approximate surface area is 175 Å². The summed E-state index contributed by atoms with van der Waals surface area (Å²) in [6.07, 6.45) is 1.22. The van der Waals surface area contributed by atoms with Gasteiger partial charge in [-0.25, -0.2) is 0 Å². The van der Waals surface area contributed by atoms with Gasteiger partial charge in [0.2, 0.25) is 0 Å². The van der Waals surface area contributed by atoms with E-state index >= 15 is 0 Å². The highest BCUT2D eigenvalue weighted by Gasteiger charge is 2.15. The number of halogens is 2. The monoisotopic (exact) mass is 455 g/mol. The fourth-order valence-electron chi connectivity index (χ4n) is 2.56. The largest absolute Gasteiger partial charge is 0.493 e. The molecule has 0 fully saturated rings. The van der Waals surface area contributed by atoms with E-state index in [1.165, 1.54) is 0 Å². The Morgan fingerprint density at radius 2 is 1.93 bits per heavy atom. The molecule has 2 aromatic carbocycles. The number of benzene rings is 2. The molecule has 27 heavy (non-hydrogen) atoms. The molecular weight excluding hydrogens is 430 g/mol. The molecule has 0 aromatic heterocycles. The zero-order chi connectivity index (χ0) is 19.6. The average molecular weight is 457 g/mol. The van der Waals surface area contributed by atoms with E-state index in [1.807, 2.05) is 50.2 Å². The number of hydrogen-bond donors (Lipinski definition) is 1. The fourth-order valence-corrected chi connectivity index (χ4v) is 3.20. The minimum absolute atomic E-state index is 0.266. The Kier molecular flexibility index (Phi) is 9.42. The van der Waals surface area contributed by atoms with Gasteiger partial charge < -0.3 is 19.5 Å². The minimum atomic E-state index is 0.266. The van der Waals surface area contributed by atoms with Gasteiger partial charge in [-0.15, -0.1) is 0 Å². The van der Waals surface area contributed by atoms with Crippen molar-refractivity contribution in [3.8, 4) is 11.5 Å². The number of ether oxygens (including phenoxy) is 3. The molecule has 0 aliphatic carbocycles. The van der Waals surface area contributed by atoms with E-state index in [1.54, 1.807) is 7.11 Å². The van der Waals surface area contributed by atoms with Gasteiger partial charge in [-0.3, -0.25) is 0 Å². The molecule has 0 saturated carbocycles. The number of rotatable bonds is 11. The zero-order valence-corrected chi connectivity index (χ0v) is 18.4. The van der Waals surface area contributed by atoms with E-state index in [-0.39, 0.29) is 6.10 Å². The molecule has 0 aliphatic heterocycles. The molecule has 1 N–H and O–H groups in total. The van der Waals surface area contributed by atoms with Crippen LogP contribution in [0.3, 0.4) is 0 Å². The van der Waals surface area contributed by atoms with Crippen LogP contribution in [0.1, 0.15) is 31.4 Å². The van der Waals surface area contributed by atoms with Gasteiger partial charge in [0.25, 0.3) is 0 Å². The van der Waals surface area contributed by atoms with Crippen LogP contribution in [-0.2, 0) is 17.9 Å². The third-order valence-electron chi connectivity index (χ3n) is 3.97. The Balaban J connectivity index is 2.03. The summed E-state index contributed by atoms with van der Waals surface area (Å²) in [7, 11) is 1.64. The van der Waals surface area contributed by atoms with Crippen molar-refractivity contribution in [2.45, 2.75) is 39.5 Å². The lowest BCUT2D eigenvalue weighted by Crippen LogP contribution is -2.18. The van der Waals surface area contributed by atoms with Crippen LogP contribution in [0.2, 0.25) is 5.02 Å². The highest BCUT2D eigenvalue weighted by molar-refractivity contribution is 9.10. The Bertz CT molecular complexity index is 725. The van der Waals surface area contributed by atoms with Gasteiger partial charge >= 0.3 is 0 Å². The van der Waals surface area contributed by atoms with Crippen molar-refractivity contribution in [3.05, 3.63) is 57.0 Å². The van der Waals surface area contributed by atoms with Crippen LogP contribution in [0.5, 0.6) is 11.5 Å². The minimum Gasteiger partial charge on any atom is -0.493 e. The standard InChI is InChI=1S/C21H27BrClNO3/c1-15(2)26-12-6-11-24-13-17-18(22)9-10-20(25-3)21(17)27-14-16-7-4-5-8-19(16)23/h4-5,7-10,15,24H,6,11-14H2,1-3H3. The molecule has 0 bridgehead atoms. The van der Waals surface area contributed by atoms with Gasteiger partial charge in [-0.05, 0) is 45.0 Å². The third-order valence-corrected chi connectivity index (χ3v) is 5.08. The number of methoxy groups -OCH3 is 1. The molecule has 0 atom stereocenters.